The third kappa shape index (κ3) is 6.03. The Bertz CT molecular complexity index is 1300. The Kier molecular flexibility index (Phi) is 8.01. The number of sulfonamides is 1. The van der Waals surface area contributed by atoms with E-state index < -0.39 is 10.0 Å². The van der Waals surface area contributed by atoms with Gasteiger partial charge in [-0.15, -0.1) is 0 Å². The molecule has 2 aromatic rings. The molecule has 1 aliphatic carbocycles. The predicted octanol–water partition coefficient (Wildman–Crippen LogP) is 3.96. The average Bonchev–Trinajstić information content (AvgIpc) is 2.92. The monoisotopic (exact) mass is 537 g/mol. The van der Waals surface area contributed by atoms with Gasteiger partial charge in [0.15, 0.2) is 0 Å². The van der Waals surface area contributed by atoms with E-state index in [-0.39, 0.29) is 12.1 Å². The number of piperazine rings is 1. The van der Waals surface area contributed by atoms with E-state index in [9.17, 15) is 8.42 Å². The second kappa shape index (κ2) is 11.4. The van der Waals surface area contributed by atoms with Crippen LogP contribution in [-0.4, -0.2) is 84.3 Å². The number of piperidine rings is 1. The minimum atomic E-state index is -3.55. The number of benzene rings is 1. The van der Waals surface area contributed by atoms with Crippen LogP contribution in [0.4, 0.5) is 17.5 Å². The Hall–Kier alpha value is -2.95. The van der Waals surface area contributed by atoms with Gasteiger partial charge in [0.1, 0.15) is 5.82 Å². The van der Waals surface area contributed by atoms with E-state index >= 15 is 0 Å². The van der Waals surface area contributed by atoms with Crippen LogP contribution in [-0.2, 0) is 10.0 Å². The highest BCUT2D eigenvalue weighted by Gasteiger charge is 2.31. The van der Waals surface area contributed by atoms with E-state index in [1.54, 1.807) is 28.7 Å². The van der Waals surface area contributed by atoms with Gasteiger partial charge >= 0.3 is 0 Å². The largest absolute Gasteiger partial charge is 0.369 e. The summed E-state index contributed by atoms with van der Waals surface area (Å²) in [5.41, 5.74) is 2.85. The van der Waals surface area contributed by atoms with E-state index in [4.69, 9.17) is 4.98 Å². The lowest BCUT2D eigenvalue weighted by Crippen LogP contribution is -2.43. The van der Waals surface area contributed by atoms with E-state index in [0.29, 0.717) is 28.9 Å². The smallest absolute Gasteiger partial charge is 0.243 e. The maximum absolute atomic E-state index is 13.3. The van der Waals surface area contributed by atoms with Crippen molar-refractivity contribution in [1.82, 2.24) is 24.1 Å². The number of nitrogens with one attached hydrogen (secondary N) is 2. The molecule has 3 aliphatic rings. The third-order valence-corrected chi connectivity index (χ3v) is 9.69. The molecule has 2 aliphatic heterocycles. The Morgan fingerprint density at radius 2 is 1.89 bits per heavy atom. The molecular weight excluding hydrogens is 498 g/mol. The van der Waals surface area contributed by atoms with Crippen LogP contribution in [0.3, 0.4) is 0 Å². The fourth-order valence-corrected chi connectivity index (χ4v) is 7.00. The lowest BCUT2D eigenvalue weighted by molar-refractivity contribution is 0.189. The molecule has 2 unspecified atom stereocenters. The second-order valence-electron chi connectivity index (χ2n) is 10.6. The first-order valence-electron chi connectivity index (χ1n) is 13.6. The third-order valence-electron chi connectivity index (χ3n) is 7.68. The molecule has 204 valence electrons. The van der Waals surface area contributed by atoms with E-state index in [0.717, 1.165) is 57.4 Å². The number of aryl methyl sites for hydroxylation is 1. The molecule has 1 aromatic heterocycles. The lowest BCUT2D eigenvalue weighted by atomic mass is 10.1. The van der Waals surface area contributed by atoms with Crippen molar-refractivity contribution in [2.24, 2.45) is 0 Å². The summed E-state index contributed by atoms with van der Waals surface area (Å²) in [6.45, 7) is 8.79. The number of anilines is 3. The number of rotatable bonds is 7. The van der Waals surface area contributed by atoms with Crippen LogP contribution in [0.5, 0.6) is 0 Å². The zero-order valence-electron chi connectivity index (χ0n) is 22.6. The van der Waals surface area contributed by atoms with Crippen LogP contribution in [0.25, 0.3) is 0 Å². The Labute approximate surface area is 226 Å². The quantitative estimate of drug-likeness (QED) is 0.548. The molecule has 10 heteroatoms. The van der Waals surface area contributed by atoms with Gasteiger partial charge in [0.25, 0.3) is 0 Å². The fourth-order valence-electron chi connectivity index (χ4n) is 5.25. The highest BCUT2D eigenvalue weighted by Crippen LogP contribution is 2.28. The van der Waals surface area contributed by atoms with Crippen molar-refractivity contribution in [3.05, 3.63) is 60.0 Å². The highest BCUT2D eigenvalue weighted by molar-refractivity contribution is 7.89. The fraction of sp³-hybridized carbons (Fsp3) is 0.500. The second-order valence-corrected chi connectivity index (χ2v) is 12.5. The average molecular weight is 538 g/mol. The first kappa shape index (κ1) is 26.6. The molecule has 0 saturated carbocycles. The summed E-state index contributed by atoms with van der Waals surface area (Å²) in [5.74, 6) is 1.19. The van der Waals surface area contributed by atoms with Gasteiger partial charge in [-0.3, -0.25) is 0 Å². The SMILES string of the molecule is Cc1cnc(NC2C=CC(N3CCN(C)CC3)=CC2)nc1Nc1cccc(S(=O)(=O)N2CCCCC2C)c1. The summed E-state index contributed by atoms with van der Waals surface area (Å²) >= 11 is 0. The number of allylic oxidation sites excluding steroid dienone is 1. The Morgan fingerprint density at radius 3 is 2.63 bits per heavy atom. The summed E-state index contributed by atoms with van der Waals surface area (Å²) in [7, 11) is -1.38. The molecular formula is C28H39N7O2S. The van der Waals surface area contributed by atoms with E-state index in [2.05, 4.69) is 50.7 Å². The minimum Gasteiger partial charge on any atom is -0.369 e. The van der Waals surface area contributed by atoms with Crippen LogP contribution in [0.15, 0.2) is 59.3 Å². The van der Waals surface area contributed by atoms with Crippen molar-refractivity contribution in [3.8, 4) is 0 Å². The van der Waals surface area contributed by atoms with Crippen LogP contribution in [0.1, 0.15) is 38.2 Å². The molecule has 0 bridgehead atoms. The number of likely N-dealkylation sites (N-methyl/N-ethyl adjacent to an activating group) is 1. The summed E-state index contributed by atoms with van der Waals surface area (Å²) in [6, 6.07) is 7.13. The first-order valence-corrected chi connectivity index (χ1v) is 15.0. The molecule has 0 spiro atoms. The molecule has 5 rings (SSSR count). The summed E-state index contributed by atoms with van der Waals surface area (Å²) in [4.78, 5) is 14.3. The standard InChI is InChI=1S/C28H39N7O2S/c1-21-20-29-28(31-23-10-12-25(13-11-23)34-17-15-33(3)16-18-34)32-27(21)30-24-8-6-9-26(19-24)38(36,37)35-14-5-4-7-22(35)2/h6,8-10,12-13,19-20,22-23H,4-5,7,11,14-18H2,1-3H3,(H2,29,30,31,32). The zero-order chi connectivity index (χ0) is 26.7. The minimum absolute atomic E-state index is 0.0180. The van der Waals surface area contributed by atoms with Gasteiger partial charge in [0.05, 0.1) is 10.9 Å². The van der Waals surface area contributed by atoms with Gasteiger partial charge in [-0.2, -0.15) is 9.29 Å². The summed E-state index contributed by atoms with van der Waals surface area (Å²) in [5, 5.41) is 6.74. The molecule has 9 nitrogen and oxygen atoms in total. The predicted molar refractivity (Wildman–Crippen MR) is 152 cm³/mol. The topological polar surface area (TPSA) is 93.7 Å². The molecule has 0 amide bonds. The van der Waals surface area contributed by atoms with Gasteiger partial charge in [-0.05, 0) is 64.4 Å². The van der Waals surface area contributed by atoms with Crippen molar-refractivity contribution in [1.29, 1.82) is 0 Å². The van der Waals surface area contributed by atoms with Crippen LogP contribution in [0, 0.1) is 6.92 Å². The molecule has 38 heavy (non-hydrogen) atoms. The molecule has 2 atom stereocenters. The van der Waals surface area contributed by atoms with E-state index in [1.165, 1.54) is 5.70 Å². The van der Waals surface area contributed by atoms with Crippen LogP contribution < -0.4 is 10.6 Å². The van der Waals surface area contributed by atoms with Crippen molar-refractivity contribution in [2.75, 3.05) is 50.4 Å². The van der Waals surface area contributed by atoms with E-state index in [1.807, 2.05) is 19.9 Å². The summed E-state index contributed by atoms with van der Waals surface area (Å²) < 4.78 is 28.3. The van der Waals surface area contributed by atoms with Crippen LogP contribution in [0.2, 0.25) is 0 Å². The van der Waals surface area contributed by atoms with Gasteiger partial charge in [-0.25, -0.2) is 13.4 Å². The van der Waals surface area contributed by atoms with Crippen molar-refractivity contribution >= 4 is 27.5 Å². The molecule has 2 N–H and O–H groups in total. The summed E-state index contributed by atoms with van der Waals surface area (Å²) in [6.07, 6.45) is 12.2. The Balaban J connectivity index is 1.25. The van der Waals surface area contributed by atoms with Gasteiger partial charge < -0.3 is 20.4 Å². The van der Waals surface area contributed by atoms with Crippen molar-refractivity contribution < 1.29 is 8.42 Å². The van der Waals surface area contributed by atoms with Crippen molar-refractivity contribution in [3.63, 3.8) is 0 Å². The normalized spacial score (nSPS) is 23.2. The van der Waals surface area contributed by atoms with Gasteiger partial charge in [0, 0.05) is 61.9 Å². The molecule has 1 aromatic carbocycles. The molecule has 2 fully saturated rings. The number of aromatic nitrogens is 2. The van der Waals surface area contributed by atoms with Gasteiger partial charge in [-0.1, -0.05) is 24.6 Å². The number of hydrogen-bond donors (Lipinski definition) is 2. The maximum Gasteiger partial charge on any atom is 0.243 e. The molecule has 0 radical (unpaired) electrons. The zero-order valence-corrected chi connectivity index (χ0v) is 23.4. The lowest BCUT2D eigenvalue weighted by Gasteiger charge is -2.35. The molecule has 2 saturated heterocycles. The first-order chi connectivity index (χ1) is 18.3. The molecule has 3 heterocycles. The van der Waals surface area contributed by atoms with Gasteiger partial charge in [0.2, 0.25) is 16.0 Å². The Morgan fingerprint density at radius 1 is 1.08 bits per heavy atom. The number of hydrogen-bond acceptors (Lipinski definition) is 8. The van der Waals surface area contributed by atoms with Crippen LogP contribution >= 0.6 is 0 Å². The van der Waals surface area contributed by atoms with Crippen molar-refractivity contribution in [2.45, 2.75) is 56.5 Å². The highest BCUT2D eigenvalue weighted by atomic mass is 32.2. The maximum atomic E-state index is 13.3. The number of nitrogens with zero attached hydrogens (tertiary/aromatic N) is 5.